The van der Waals surface area contributed by atoms with E-state index in [0.29, 0.717) is 12.0 Å². The minimum atomic E-state index is -0.599. The molecule has 0 aliphatic heterocycles. The van der Waals surface area contributed by atoms with Gasteiger partial charge in [0, 0.05) is 5.56 Å². The van der Waals surface area contributed by atoms with Gasteiger partial charge in [0.05, 0.1) is 0 Å². The average Bonchev–Trinajstić information content (AvgIpc) is 2.27. The molecule has 0 fully saturated rings. The first-order valence-corrected chi connectivity index (χ1v) is 4.20. The van der Waals surface area contributed by atoms with Crippen LogP contribution in [0.3, 0.4) is 0 Å². The van der Waals surface area contributed by atoms with E-state index in [2.05, 4.69) is 9.99 Å². The van der Waals surface area contributed by atoms with Gasteiger partial charge in [0.15, 0.2) is 5.71 Å². The third-order valence-electron chi connectivity index (χ3n) is 1.63. The van der Waals surface area contributed by atoms with Crippen LogP contribution in [0.25, 0.3) is 0 Å². The second-order valence-corrected chi connectivity index (χ2v) is 2.58. The molecule has 1 aromatic carbocycles. The molecule has 0 saturated carbocycles. The lowest BCUT2D eigenvalue weighted by molar-refractivity contribution is -0.120. The fraction of sp³-hybridized carbons (Fsp3) is 0.100. The lowest BCUT2D eigenvalue weighted by atomic mass is 10.1. The van der Waals surface area contributed by atoms with Gasteiger partial charge in [-0.3, -0.25) is 14.9 Å². The van der Waals surface area contributed by atoms with E-state index in [-0.39, 0.29) is 5.71 Å². The second-order valence-electron chi connectivity index (χ2n) is 2.58. The summed E-state index contributed by atoms with van der Waals surface area (Å²) < 4.78 is 0. The van der Waals surface area contributed by atoms with Crippen LogP contribution in [0.2, 0.25) is 0 Å². The maximum absolute atomic E-state index is 11.4. The predicted molar refractivity (Wildman–Crippen MR) is 54.2 cm³/mol. The Morgan fingerprint density at radius 1 is 1.40 bits per heavy atom. The van der Waals surface area contributed by atoms with Crippen molar-refractivity contribution in [2.75, 3.05) is 7.11 Å². The van der Waals surface area contributed by atoms with Gasteiger partial charge in [-0.1, -0.05) is 35.5 Å². The molecule has 0 aliphatic carbocycles. The van der Waals surface area contributed by atoms with Crippen LogP contribution < -0.4 is 5.32 Å². The summed E-state index contributed by atoms with van der Waals surface area (Å²) in [5.41, 5.74) is 0.643. The van der Waals surface area contributed by atoms with Crippen molar-refractivity contribution in [1.29, 1.82) is 0 Å². The Balaban J connectivity index is 2.99. The Hall–Kier alpha value is -2.17. The number of nitrogens with zero attached hydrogens (tertiary/aromatic N) is 1. The van der Waals surface area contributed by atoms with Gasteiger partial charge in [0.1, 0.15) is 7.11 Å². The van der Waals surface area contributed by atoms with E-state index < -0.39 is 5.91 Å². The highest BCUT2D eigenvalue weighted by Crippen LogP contribution is 2.01. The first-order chi connectivity index (χ1) is 7.29. The van der Waals surface area contributed by atoms with Crippen molar-refractivity contribution < 1.29 is 14.4 Å². The first kappa shape index (κ1) is 10.9. The van der Waals surface area contributed by atoms with Crippen molar-refractivity contribution >= 4 is 18.0 Å². The molecule has 1 rings (SSSR count). The van der Waals surface area contributed by atoms with Gasteiger partial charge in [-0.05, 0) is 0 Å². The van der Waals surface area contributed by atoms with Crippen LogP contribution >= 0.6 is 0 Å². The van der Waals surface area contributed by atoms with Gasteiger partial charge >= 0.3 is 0 Å². The highest BCUT2D eigenvalue weighted by Gasteiger charge is 2.13. The summed E-state index contributed by atoms with van der Waals surface area (Å²) in [5, 5.41) is 5.56. The molecule has 78 valence electrons. The first-order valence-electron chi connectivity index (χ1n) is 4.20. The Morgan fingerprint density at radius 3 is 2.60 bits per heavy atom. The maximum atomic E-state index is 11.4. The van der Waals surface area contributed by atoms with E-state index in [9.17, 15) is 9.59 Å². The zero-order valence-electron chi connectivity index (χ0n) is 8.14. The number of nitrogens with one attached hydrogen (secondary N) is 1. The topological polar surface area (TPSA) is 67.8 Å². The molecule has 1 aromatic rings. The van der Waals surface area contributed by atoms with Crippen molar-refractivity contribution in [2.45, 2.75) is 0 Å². The summed E-state index contributed by atoms with van der Waals surface area (Å²) in [4.78, 5) is 26.0. The molecule has 2 amide bonds. The molecule has 5 heteroatoms. The van der Waals surface area contributed by atoms with E-state index in [4.69, 9.17) is 0 Å². The molecule has 5 nitrogen and oxygen atoms in total. The summed E-state index contributed by atoms with van der Waals surface area (Å²) >= 11 is 0. The molecule has 0 radical (unpaired) electrons. The lowest BCUT2D eigenvalue weighted by Gasteiger charge is -2.02. The van der Waals surface area contributed by atoms with Crippen LogP contribution in [0.5, 0.6) is 0 Å². The largest absolute Gasteiger partial charge is 0.398 e. The highest BCUT2D eigenvalue weighted by molar-refractivity contribution is 6.46. The van der Waals surface area contributed by atoms with E-state index in [1.54, 1.807) is 24.3 Å². The molecule has 0 saturated heterocycles. The number of amides is 2. The number of hydrogen-bond acceptors (Lipinski definition) is 4. The van der Waals surface area contributed by atoms with Crippen molar-refractivity contribution in [3.63, 3.8) is 0 Å². The molecule has 0 heterocycles. The van der Waals surface area contributed by atoms with Crippen LogP contribution in [0.4, 0.5) is 0 Å². The summed E-state index contributed by atoms with van der Waals surface area (Å²) in [6.07, 6.45) is 0.302. The standard InChI is InChI=1S/C10H10N2O3/c1-15-12-9(10(14)11-7-13)8-5-3-2-4-6-8/h2-7H,1H3,(H,11,13,14). The minimum Gasteiger partial charge on any atom is -0.398 e. The molecule has 0 atom stereocenters. The third kappa shape index (κ3) is 2.91. The van der Waals surface area contributed by atoms with Gasteiger partial charge in [0.2, 0.25) is 6.41 Å². The van der Waals surface area contributed by atoms with Crippen LogP contribution in [-0.4, -0.2) is 25.1 Å². The van der Waals surface area contributed by atoms with Crippen molar-refractivity contribution in [1.82, 2.24) is 5.32 Å². The van der Waals surface area contributed by atoms with Crippen LogP contribution in [0.1, 0.15) is 5.56 Å². The van der Waals surface area contributed by atoms with Gasteiger partial charge in [-0.2, -0.15) is 0 Å². The quantitative estimate of drug-likeness (QED) is 0.438. The fourth-order valence-corrected chi connectivity index (χ4v) is 1.03. The van der Waals surface area contributed by atoms with E-state index >= 15 is 0 Å². The van der Waals surface area contributed by atoms with E-state index in [0.717, 1.165) is 0 Å². The smallest absolute Gasteiger partial charge is 0.280 e. The number of hydrogen-bond donors (Lipinski definition) is 1. The Kier molecular flexibility index (Phi) is 4.03. The fourth-order valence-electron chi connectivity index (χ4n) is 1.03. The molecule has 1 N–H and O–H groups in total. The van der Waals surface area contributed by atoms with Gasteiger partial charge < -0.3 is 4.84 Å². The monoisotopic (exact) mass is 206 g/mol. The molecule has 0 unspecified atom stereocenters. The molecule has 0 aromatic heterocycles. The predicted octanol–water partition coefficient (Wildman–Crippen LogP) is 0.310. The number of carbonyl (C=O) groups is 2. The Bertz CT molecular complexity index is 374. The van der Waals surface area contributed by atoms with Crippen molar-refractivity contribution in [2.24, 2.45) is 5.16 Å². The zero-order valence-corrected chi connectivity index (χ0v) is 8.14. The molecule has 0 spiro atoms. The number of benzene rings is 1. The van der Waals surface area contributed by atoms with Crippen LogP contribution in [0.15, 0.2) is 35.5 Å². The Morgan fingerprint density at radius 2 is 2.07 bits per heavy atom. The second kappa shape index (κ2) is 5.54. The zero-order chi connectivity index (χ0) is 11.1. The summed E-state index contributed by atoms with van der Waals surface area (Å²) in [5.74, 6) is -0.599. The van der Waals surface area contributed by atoms with Crippen LogP contribution in [-0.2, 0) is 14.4 Å². The number of oxime groups is 1. The highest BCUT2D eigenvalue weighted by atomic mass is 16.6. The summed E-state index contributed by atoms with van der Waals surface area (Å²) in [7, 11) is 1.33. The third-order valence-corrected chi connectivity index (χ3v) is 1.63. The van der Waals surface area contributed by atoms with E-state index in [1.807, 2.05) is 11.4 Å². The lowest BCUT2D eigenvalue weighted by Crippen LogP contribution is -2.30. The molecular weight excluding hydrogens is 196 g/mol. The number of rotatable bonds is 4. The number of carbonyl (C=O) groups excluding carboxylic acids is 2. The van der Waals surface area contributed by atoms with Gasteiger partial charge in [0.25, 0.3) is 5.91 Å². The summed E-state index contributed by atoms with van der Waals surface area (Å²) in [6.45, 7) is 0. The Labute approximate surface area is 86.7 Å². The molecule has 15 heavy (non-hydrogen) atoms. The molecular formula is C10H10N2O3. The maximum Gasteiger partial charge on any atom is 0.280 e. The van der Waals surface area contributed by atoms with Gasteiger partial charge in [-0.25, -0.2) is 0 Å². The van der Waals surface area contributed by atoms with Gasteiger partial charge in [-0.15, -0.1) is 0 Å². The average molecular weight is 206 g/mol. The van der Waals surface area contributed by atoms with E-state index in [1.165, 1.54) is 7.11 Å². The normalized spacial score (nSPS) is 10.6. The van der Waals surface area contributed by atoms with Crippen molar-refractivity contribution in [3.05, 3.63) is 35.9 Å². The number of imide groups is 1. The summed E-state index contributed by atoms with van der Waals surface area (Å²) in [6, 6.07) is 8.72. The SMILES string of the molecule is CON=C(C(=O)NC=O)c1ccccc1. The molecule has 0 bridgehead atoms. The minimum absolute atomic E-state index is 0.0604. The van der Waals surface area contributed by atoms with Crippen LogP contribution in [0, 0.1) is 0 Å². The van der Waals surface area contributed by atoms with Crippen molar-refractivity contribution in [3.8, 4) is 0 Å². The molecule has 0 aliphatic rings.